The molecule has 0 saturated heterocycles. The molecule has 8 nitrogen and oxygen atoms in total. The maximum atomic E-state index is 13.3. The van der Waals surface area contributed by atoms with Gasteiger partial charge in [-0.3, -0.25) is 14.9 Å². The number of carbonyl (C=O) groups excluding carboxylic acids is 2. The van der Waals surface area contributed by atoms with Gasteiger partial charge in [0.1, 0.15) is 6.04 Å². The fourth-order valence-electron chi connectivity index (χ4n) is 3.35. The molecule has 0 radical (unpaired) electrons. The molecule has 13 heteroatoms. The van der Waals surface area contributed by atoms with Crippen LogP contribution < -0.4 is 10.1 Å². The van der Waals surface area contributed by atoms with Gasteiger partial charge in [0, 0.05) is 24.1 Å². The minimum absolute atomic E-state index is 0.00259. The number of esters is 1. The second kappa shape index (κ2) is 10.8. The first-order chi connectivity index (χ1) is 17.3. The van der Waals surface area contributed by atoms with E-state index in [0.717, 1.165) is 23.9 Å². The number of nitro groups is 1. The fraction of sp³-hybridized carbons (Fsp3) is 0.250. The molecule has 1 N–H and O–H groups in total. The van der Waals surface area contributed by atoms with Crippen LogP contribution in [-0.2, 0) is 16.0 Å². The lowest BCUT2D eigenvalue weighted by molar-refractivity contribution is -0.386. The number of nitrogens with zero attached hydrogens (tertiary/aromatic N) is 1. The van der Waals surface area contributed by atoms with Gasteiger partial charge in [-0.05, 0) is 22.4 Å². The van der Waals surface area contributed by atoms with Crippen molar-refractivity contribution in [2.24, 2.45) is 0 Å². The number of carbonyl (C=O) groups is 2. The van der Waals surface area contributed by atoms with Gasteiger partial charge >= 0.3 is 23.8 Å². The molecule has 0 bridgehead atoms. The molecular formula is C24H19F5N2O6. The van der Waals surface area contributed by atoms with Crippen LogP contribution in [0.15, 0.2) is 60.7 Å². The molecule has 196 valence electrons. The van der Waals surface area contributed by atoms with E-state index in [1.165, 1.54) is 0 Å². The van der Waals surface area contributed by atoms with Crippen molar-refractivity contribution in [2.45, 2.75) is 24.6 Å². The first-order valence-electron chi connectivity index (χ1n) is 10.5. The van der Waals surface area contributed by atoms with Crippen molar-refractivity contribution >= 4 is 28.3 Å². The number of rotatable bonds is 9. The average Bonchev–Trinajstić information content (AvgIpc) is 2.85. The van der Waals surface area contributed by atoms with Crippen LogP contribution in [0.1, 0.15) is 15.9 Å². The van der Waals surface area contributed by atoms with E-state index in [-0.39, 0.29) is 12.0 Å². The monoisotopic (exact) mass is 526 g/mol. The van der Waals surface area contributed by atoms with E-state index < -0.39 is 53.0 Å². The van der Waals surface area contributed by atoms with Gasteiger partial charge in [-0.2, -0.15) is 22.0 Å². The topological polar surface area (TPSA) is 108 Å². The summed E-state index contributed by atoms with van der Waals surface area (Å²) < 4.78 is 73.0. The average molecular weight is 526 g/mol. The number of amides is 1. The summed E-state index contributed by atoms with van der Waals surface area (Å²) in [5.41, 5.74) is -0.657. The van der Waals surface area contributed by atoms with Gasteiger partial charge in [-0.25, -0.2) is 4.79 Å². The third-order valence-corrected chi connectivity index (χ3v) is 5.29. The highest BCUT2D eigenvalue weighted by molar-refractivity contribution is 5.97. The molecule has 3 aromatic rings. The number of fused-ring (bicyclic) bond motifs is 1. The lowest BCUT2D eigenvalue weighted by Gasteiger charge is -2.20. The predicted molar refractivity (Wildman–Crippen MR) is 121 cm³/mol. The van der Waals surface area contributed by atoms with E-state index in [1.54, 1.807) is 12.1 Å². The molecule has 0 aliphatic rings. The highest BCUT2D eigenvalue weighted by Gasteiger charge is 2.58. The van der Waals surface area contributed by atoms with Crippen molar-refractivity contribution < 1.29 is 45.9 Å². The minimum Gasteiger partial charge on any atom is -0.480 e. The van der Waals surface area contributed by atoms with Crippen molar-refractivity contribution in [3.63, 3.8) is 0 Å². The molecule has 0 aliphatic carbocycles. The number of nitrogens with one attached hydrogen (secondary N) is 1. The summed E-state index contributed by atoms with van der Waals surface area (Å²) in [5.74, 6) is -8.07. The normalized spacial score (nSPS) is 12.6. The Hall–Kier alpha value is -4.29. The minimum atomic E-state index is -5.95. The summed E-state index contributed by atoms with van der Waals surface area (Å²) in [4.78, 5) is 35.2. The van der Waals surface area contributed by atoms with Crippen molar-refractivity contribution in [3.8, 4) is 5.75 Å². The molecular weight excluding hydrogens is 507 g/mol. The highest BCUT2D eigenvalue weighted by atomic mass is 19.4. The maximum absolute atomic E-state index is 13.3. The summed E-state index contributed by atoms with van der Waals surface area (Å²) in [6.45, 7) is -2.24. The summed E-state index contributed by atoms with van der Waals surface area (Å²) in [6, 6.07) is 13.9. The molecule has 0 unspecified atom stereocenters. The van der Waals surface area contributed by atoms with Crippen LogP contribution in [0.2, 0.25) is 0 Å². The van der Waals surface area contributed by atoms with Gasteiger partial charge in [0.05, 0.1) is 12.0 Å². The van der Waals surface area contributed by atoms with E-state index in [4.69, 9.17) is 4.74 Å². The van der Waals surface area contributed by atoms with E-state index >= 15 is 0 Å². The second-order valence-corrected chi connectivity index (χ2v) is 7.87. The lowest BCUT2D eigenvalue weighted by atomic mass is 10.0. The van der Waals surface area contributed by atoms with Gasteiger partial charge in [0.15, 0.2) is 12.4 Å². The zero-order valence-corrected chi connectivity index (χ0v) is 19.1. The predicted octanol–water partition coefficient (Wildman–Crippen LogP) is 4.84. The summed E-state index contributed by atoms with van der Waals surface area (Å²) >= 11 is 0. The fourth-order valence-corrected chi connectivity index (χ4v) is 3.35. The number of halogens is 5. The first kappa shape index (κ1) is 27.3. The summed E-state index contributed by atoms with van der Waals surface area (Å²) in [7, 11) is 1.10. The SMILES string of the molecule is COC(=O)[C@H](Cc1ccc2ccccc2c1)NC(=O)c1ccc([N+](=O)[O-])c(OCC(F)(F)C(F)(F)F)c1. The molecule has 3 aromatic carbocycles. The third-order valence-electron chi connectivity index (χ3n) is 5.29. The van der Waals surface area contributed by atoms with E-state index in [1.807, 2.05) is 30.3 Å². The largest absolute Gasteiger partial charge is 0.480 e. The Bertz CT molecular complexity index is 1330. The van der Waals surface area contributed by atoms with E-state index in [9.17, 15) is 41.7 Å². The second-order valence-electron chi connectivity index (χ2n) is 7.87. The quantitative estimate of drug-likeness (QED) is 0.185. The summed E-state index contributed by atoms with van der Waals surface area (Å²) in [5, 5.41) is 15.4. The van der Waals surface area contributed by atoms with Crippen LogP contribution in [0.25, 0.3) is 10.8 Å². The van der Waals surface area contributed by atoms with Gasteiger partial charge < -0.3 is 14.8 Å². The molecule has 0 heterocycles. The first-order valence-corrected chi connectivity index (χ1v) is 10.5. The highest BCUT2D eigenvalue weighted by Crippen LogP contribution is 2.37. The zero-order chi connectivity index (χ0) is 27.4. The van der Waals surface area contributed by atoms with Crippen molar-refractivity contribution in [2.75, 3.05) is 13.7 Å². The smallest absolute Gasteiger partial charge is 0.456 e. The Kier molecular flexibility index (Phi) is 7.94. The third kappa shape index (κ3) is 6.48. The number of hydrogen-bond acceptors (Lipinski definition) is 6. The van der Waals surface area contributed by atoms with Crippen LogP contribution >= 0.6 is 0 Å². The zero-order valence-electron chi connectivity index (χ0n) is 19.1. The van der Waals surface area contributed by atoms with Crippen LogP contribution in [0, 0.1) is 10.1 Å². The van der Waals surface area contributed by atoms with Gasteiger partial charge in [0.25, 0.3) is 5.91 Å². The molecule has 0 aromatic heterocycles. The Morgan fingerprint density at radius 1 is 1.00 bits per heavy atom. The number of hydrogen-bond donors (Lipinski definition) is 1. The number of benzene rings is 3. The van der Waals surface area contributed by atoms with Crippen molar-refractivity contribution in [3.05, 3.63) is 81.9 Å². The van der Waals surface area contributed by atoms with Gasteiger partial charge in [-0.15, -0.1) is 0 Å². The Morgan fingerprint density at radius 3 is 2.30 bits per heavy atom. The Balaban J connectivity index is 1.83. The van der Waals surface area contributed by atoms with E-state index in [0.29, 0.717) is 17.7 Å². The van der Waals surface area contributed by atoms with Crippen LogP contribution in [0.3, 0.4) is 0 Å². The van der Waals surface area contributed by atoms with Crippen LogP contribution in [0.5, 0.6) is 5.75 Å². The van der Waals surface area contributed by atoms with Crippen LogP contribution in [0.4, 0.5) is 27.6 Å². The Morgan fingerprint density at radius 2 is 1.68 bits per heavy atom. The molecule has 0 aliphatic heterocycles. The number of methoxy groups -OCH3 is 1. The van der Waals surface area contributed by atoms with Crippen molar-refractivity contribution in [1.82, 2.24) is 5.32 Å². The summed E-state index contributed by atoms with van der Waals surface area (Å²) in [6.07, 6.45) is -5.95. The molecule has 37 heavy (non-hydrogen) atoms. The standard InChI is InChI=1S/C24H19F5N2O6/c1-36-22(33)18(11-14-6-7-15-4-2-3-5-16(15)10-14)30-21(32)17-8-9-19(31(34)35)20(12-17)37-13-23(25,26)24(27,28)29/h2-10,12,18H,11,13H2,1H3,(H,30,32)/t18-/m0/s1. The number of nitro benzene ring substituents is 1. The molecule has 0 fully saturated rings. The molecule has 1 atom stereocenters. The molecule has 0 saturated carbocycles. The molecule has 3 rings (SSSR count). The van der Waals surface area contributed by atoms with Crippen molar-refractivity contribution in [1.29, 1.82) is 0 Å². The molecule has 1 amide bonds. The maximum Gasteiger partial charge on any atom is 0.456 e. The number of alkyl halides is 5. The van der Waals surface area contributed by atoms with Crippen LogP contribution in [-0.4, -0.2) is 48.7 Å². The van der Waals surface area contributed by atoms with Gasteiger partial charge in [0.2, 0.25) is 0 Å². The van der Waals surface area contributed by atoms with E-state index in [2.05, 4.69) is 10.1 Å². The Labute approximate surface area is 206 Å². The number of ether oxygens (including phenoxy) is 2. The lowest BCUT2D eigenvalue weighted by Crippen LogP contribution is -2.43. The van der Waals surface area contributed by atoms with Gasteiger partial charge in [-0.1, -0.05) is 42.5 Å². The molecule has 0 spiro atoms.